The van der Waals surface area contributed by atoms with E-state index < -0.39 is 11.6 Å². The van der Waals surface area contributed by atoms with Gasteiger partial charge in [-0.25, -0.2) is 15.0 Å². The molecule has 0 amide bonds. The number of benzene rings is 13. The van der Waals surface area contributed by atoms with Crippen molar-refractivity contribution in [3.05, 3.63) is 352 Å². The molecular formula is C94H72N6O3. The van der Waals surface area contributed by atoms with Crippen molar-refractivity contribution < 1.29 is 14.4 Å². The van der Waals surface area contributed by atoms with Crippen LogP contribution in [0.4, 0.5) is 0 Å². The number of Topliss-reactive ketones (excluding diaryl/α,β-unsaturated/α-hetero) is 2. The minimum atomic E-state index is -0.408. The van der Waals surface area contributed by atoms with Crippen LogP contribution in [0.15, 0.2) is 291 Å². The number of hydrogen-bond donors (Lipinski definition) is 3. The van der Waals surface area contributed by atoms with Gasteiger partial charge in [0, 0.05) is 66.4 Å². The molecule has 13 aromatic carbocycles. The minimum absolute atomic E-state index is 0.408. The molecule has 8 bridgehead atoms. The third-order valence-corrected chi connectivity index (χ3v) is 20.7. The molecule has 16 aromatic rings. The van der Waals surface area contributed by atoms with Crippen molar-refractivity contribution in [3.8, 4) is 90.3 Å². The summed E-state index contributed by atoms with van der Waals surface area (Å²) in [5, 5.41) is 4.91. The number of fused-ring (bicyclic) bond motifs is 9. The number of carbonyl (C=O) groups is 3. The van der Waals surface area contributed by atoms with Gasteiger partial charge in [-0.1, -0.05) is 267 Å². The van der Waals surface area contributed by atoms with Crippen LogP contribution in [0.1, 0.15) is 88.4 Å². The van der Waals surface area contributed by atoms with Gasteiger partial charge in [0.05, 0.1) is 33.8 Å². The van der Waals surface area contributed by atoms with E-state index in [4.69, 9.17) is 15.0 Å². The summed E-state index contributed by atoms with van der Waals surface area (Å²) >= 11 is 0. The number of nitrogens with zero attached hydrogens (tertiary/aromatic N) is 3. The van der Waals surface area contributed by atoms with Crippen LogP contribution >= 0.6 is 0 Å². The van der Waals surface area contributed by atoms with Crippen LogP contribution in [-0.2, 0) is 51.4 Å². The predicted molar refractivity (Wildman–Crippen MR) is 418 cm³/mol. The van der Waals surface area contributed by atoms with Crippen LogP contribution in [0.2, 0.25) is 0 Å². The lowest BCUT2D eigenvalue weighted by Gasteiger charge is -2.16. The normalized spacial score (nSPS) is 13.1. The van der Waals surface area contributed by atoms with E-state index >= 15 is 0 Å². The highest BCUT2D eigenvalue weighted by Crippen LogP contribution is 2.41. The number of carbonyl (C=O) groups excluding carboxylic acids is 3. The summed E-state index contributed by atoms with van der Waals surface area (Å²) in [6, 6.07) is 101. The second-order valence-electron chi connectivity index (χ2n) is 27.1. The molecule has 0 atom stereocenters. The van der Waals surface area contributed by atoms with E-state index in [1.165, 1.54) is 71.6 Å². The van der Waals surface area contributed by atoms with Crippen LogP contribution in [0.3, 0.4) is 0 Å². The van der Waals surface area contributed by atoms with Gasteiger partial charge in [-0.2, -0.15) is 0 Å². The van der Waals surface area contributed by atoms with Gasteiger partial charge in [-0.05, 0) is 155 Å². The fourth-order valence-corrected chi connectivity index (χ4v) is 15.4. The Hall–Kier alpha value is -12.7. The summed E-state index contributed by atoms with van der Waals surface area (Å²) in [4.78, 5) is 62.5. The molecule has 3 N–H and O–H groups in total. The average Bonchev–Trinajstić information content (AvgIpc) is 1.68. The number of aryl methyl sites for hydroxylation is 8. The van der Waals surface area contributed by atoms with E-state index in [1.807, 2.05) is 36.4 Å². The van der Waals surface area contributed by atoms with Crippen molar-refractivity contribution in [1.29, 1.82) is 0 Å². The highest BCUT2D eigenvalue weighted by Gasteiger charge is 2.30. The monoisotopic (exact) mass is 1330 g/mol. The lowest BCUT2D eigenvalue weighted by Crippen LogP contribution is -2.20. The molecule has 9 aliphatic carbocycles. The quantitative estimate of drug-likeness (QED) is 0.0787. The first-order chi connectivity index (χ1) is 50.8. The predicted octanol–water partition coefficient (Wildman–Crippen LogP) is 21.8. The van der Waals surface area contributed by atoms with Gasteiger partial charge in [0.2, 0.25) is 11.6 Å². The van der Waals surface area contributed by atoms with E-state index in [0.29, 0.717) is 11.1 Å². The molecule has 496 valence electrons. The van der Waals surface area contributed by atoms with Gasteiger partial charge in [0.1, 0.15) is 23.8 Å². The zero-order chi connectivity index (χ0) is 69.2. The molecule has 103 heavy (non-hydrogen) atoms. The fraction of sp³-hybridized carbons (Fsp3) is 0.106. The Morgan fingerprint density at radius 1 is 0.282 bits per heavy atom. The maximum atomic E-state index is 11.8. The Morgan fingerprint density at radius 3 is 1.13 bits per heavy atom. The number of H-pyrrole nitrogens is 3. The van der Waals surface area contributed by atoms with Crippen molar-refractivity contribution in [1.82, 2.24) is 29.9 Å². The van der Waals surface area contributed by atoms with Crippen LogP contribution in [-0.4, -0.2) is 47.8 Å². The molecule has 3 aromatic heterocycles. The second-order valence-corrected chi connectivity index (χ2v) is 27.1. The zero-order valence-electron chi connectivity index (χ0n) is 56.9. The maximum absolute atomic E-state index is 11.8. The number of aromatic amines is 3. The van der Waals surface area contributed by atoms with Gasteiger partial charge >= 0.3 is 0 Å². The van der Waals surface area contributed by atoms with Crippen molar-refractivity contribution in [2.24, 2.45) is 0 Å². The molecule has 0 saturated carbocycles. The van der Waals surface area contributed by atoms with E-state index in [1.54, 1.807) is 24.3 Å². The zero-order valence-corrected chi connectivity index (χ0v) is 56.9. The molecule has 0 saturated heterocycles. The lowest BCUT2D eigenvalue weighted by molar-refractivity contribution is 0.0815. The van der Waals surface area contributed by atoms with Gasteiger partial charge in [-0.15, -0.1) is 0 Å². The highest BCUT2D eigenvalue weighted by molar-refractivity contribution is 6.53. The largest absolute Gasteiger partial charge is 0.337 e. The van der Waals surface area contributed by atoms with Crippen LogP contribution in [0, 0.1) is 0 Å². The van der Waals surface area contributed by atoms with Crippen molar-refractivity contribution in [2.45, 2.75) is 64.2 Å². The third kappa shape index (κ3) is 12.7. The molecule has 9 nitrogen and oxygen atoms in total. The molecule has 25 rings (SSSR count). The second kappa shape index (κ2) is 28.1. The Bertz CT molecular complexity index is 5650. The standard InChI is InChI=1S/C48H38N4.C32H26N2O.C14H8O2/c1-3-15-35(16-4-1)43-44(36-17-5-2-6-18-36)50-47(49-43)41-29-31-13-11-14-32-26-28-34(20-12-19-33(41)27-25-31)42(30-32)48-51-45-39-23-9-7-21-37(39)38-22-8-10-24-40(38)46(45)52-48;35-21-28-19-22-11-12-23-14-16-25(18-17-24(28)15-13-22)29(20-23)32-33-30(26-7-3-1-4-8-26)31(34-32)27-9-5-2-6-10-27;15-13-11-7-3-1-5-9(11)10-6-2-4-8-12(10)14(13)16/h1-10,15-18,21-30H,11-14,19-20H2,(H,49,50)(H,51,52);1-10,13-16,19-21H,11-12,17-18H2,(H,33,34);1-8H. The first kappa shape index (κ1) is 63.7. The van der Waals surface area contributed by atoms with Gasteiger partial charge in [0.25, 0.3) is 0 Å². The van der Waals surface area contributed by atoms with Crippen LogP contribution in [0.25, 0.3) is 123 Å². The summed E-state index contributed by atoms with van der Waals surface area (Å²) < 4.78 is 0. The van der Waals surface area contributed by atoms with E-state index in [2.05, 4.69) is 245 Å². The number of imidazole rings is 3. The number of rotatable bonds is 8. The molecule has 0 aliphatic heterocycles. The fourth-order valence-electron chi connectivity index (χ4n) is 15.4. The molecular weight excluding hydrogens is 1260 g/mol. The number of nitrogens with one attached hydrogen (secondary N) is 3. The molecule has 3 heterocycles. The Balaban J connectivity index is 0.000000132. The number of ketones is 2. The number of hydrogen-bond acceptors (Lipinski definition) is 6. The molecule has 0 fully saturated rings. The van der Waals surface area contributed by atoms with Crippen molar-refractivity contribution in [2.75, 3.05) is 0 Å². The third-order valence-electron chi connectivity index (χ3n) is 20.7. The van der Waals surface area contributed by atoms with E-state index in [-0.39, 0.29) is 0 Å². The maximum Gasteiger partial charge on any atom is 0.234 e. The SMILES string of the molecule is O=C1C(=O)c2ccccc2-c2ccccc21.O=Cc1cc2ccc1CCc1ccc(cc1-c1nc(-c3ccccc3)c(-c3ccccc3)[nH]1)CC2.c1ccc(-c2nc(-c3cc4ccc3CCCc3ccc(cc3-c3nc5c6ccccc6c6ccccc6c5[nH]3)CCC4)[nH]c2-c2ccccc2)cc1. The summed E-state index contributed by atoms with van der Waals surface area (Å²) in [6.45, 7) is 0. The first-order valence-corrected chi connectivity index (χ1v) is 35.8. The molecule has 0 radical (unpaired) electrons. The smallest absolute Gasteiger partial charge is 0.234 e. The summed E-state index contributed by atoms with van der Waals surface area (Å²) in [5.74, 6) is 1.97. The Labute approximate surface area is 598 Å². The number of aldehydes is 1. The summed E-state index contributed by atoms with van der Waals surface area (Å²) in [5.41, 5.74) is 28.0. The average molecular weight is 1330 g/mol. The van der Waals surface area contributed by atoms with Crippen molar-refractivity contribution in [3.63, 3.8) is 0 Å². The first-order valence-electron chi connectivity index (χ1n) is 35.8. The van der Waals surface area contributed by atoms with Crippen molar-refractivity contribution >= 4 is 50.4 Å². The van der Waals surface area contributed by atoms with E-state index in [0.717, 1.165) is 172 Å². The molecule has 0 unspecified atom stereocenters. The molecule has 9 heteroatoms. The topological polar surface area (TPSA) is 137 Å². The highest BCUT2D eigenvalue weighted by atomic mass is 16.2. The van der Waals surface area contributed by atoms with Gasteiger partial charge in [-0.3, -0.25) is 14.4 Å². The van der Waals surface area contributed by atoms with Crippen LogP contribution in [0.5, 0.6) is 0 Å². The van der Waals surface area contributed by atoms with Gasteiger partial charge in [0.15, 0.2) is 0 Å². The van der Waals surface area contributed by atoms with E-state index in [9.17, 15) is 14.4 Å². The molecule has 0 spiro atoms. The number of aromatic nitrogens is 6. The Morgan fingerprint density at radius 2 is 0.641 bits per heavy atom. The Kier molecular flexibility index (Phi) is 17.4. The minimum Gasteiger partial charge on any atom is -0.337 e. The molecule has 9 aliphatic rings. The van der Waals surface area contributed by atoms with Crippen LogP contribution < -0.4 is 0 Å². The van der Waals surface area contributed by atoms with Gasteiger partial charge < -0.3 is 15.0 Å². The summed E-state index contributed by atoms with van der Waals surface area (Å²) in [7, 11) is 0. The lowest BCUT2D eigenvalue weighted by atomic mass is 9.84. The summed E-state index contributed by atoms with van der Waals surface area (Å²) in [6.07, 6.45) is 10.5.